The highest BCUT2D eigenvalue weighted by Crippen LogP contribution is 2.21. The lowest BCUT2D eigenvalue weighted by Gasteiger charge is -2.04. The summed E-state index contributed by atoms with van der Waals surface area (Å²) in [6.07, 6.45) is 0. The van der Waals surface area contributed by atoms with Crippen molar-refractivity contribution in [3.8, 4) is 0 Å². The maximum absolute atomic E-state index is 11.0. The van der Waals surface area contributed by atoms with Crippen LogP contribution in [0.2, 0.25) is 10.2 Å². The number of hydrogen-bond acceptors (Lipinski definition) is 2. The van der Waals surface area contributed by atoms with Crippen LogP contribution in [0.4, 0.5) is 0 Å². The number of hydrogen-bond donors (Lipinski definition) is 1. The van der Waals surface area contributed by atoms with E-state index in [9.17, 15) is 4.79 Å². The Morgan fingerprint density at radius 3 is 2.72 bits per heavy atom. The molecule has 2 aromatic rings. The topological polar surface area (TPSA) is 55.1 Å². The first-order valence-corrected chi connectivity index (χ1v) is 5.95. The third-order valence-corrected chi connectivity index (χ3v) is 3.12. The third kappa shape index (κ3) is 2.49. The highest BCUT2D eigenvalue weighted by molar-refractivity contribution is 6.32. The molecule has 0 atom stereocenters. The second kappa shape index (κ2) is 5.00. The Labute approximate surface area is 114 Å². The molecule has 18 heavy (non-hydrogen) atoms. The summed E-state index contributed by atoms with van der Waals surface area (Å²) in [7, 11) is 0. The van der Waals surface area contributed by atoms with Crippen LogP contribution in [0.15, 0.2) is 24.3 Å². The molecule has 0 bridgehead atoms. The van der Waals surface area contributed by atoms with Crippen molar-refractivity contribution in [3.63, 3.8) is 0 Å². The summed E-state index contributed by atoms with van der Waals surface area (Å²) in [6.45, 7) is 2.00. The summed E-state index contributed by atoms with van der Waals surface area (Å²) in [5.74, 6) is -1.07. The summed E-state index contributed by atoms with van der Waals surface area (Å²) in [5, 5.41) is 13.9. The van der Waals surface area contributed by atoms with E-state index in [-0.39, 0.29) is 10.7 Å². The number of benzene rings is 1. The van der Waals surface area contributed by atoms with E-state index in [4.69, 9.17) is 28.3 Å². The lowest BCUT2D eigenvalue weighted by atomic mass is 10.2. The summed E-state index contributed by atoms with van der Waals surface area (Å²) in [5.41, 5.74) is 1.34. The summed E-state index contributed by atoms with van der Waals surface area (Å²) < 4.78 is 1.45. The van der Waals surface area contributed by atoms with Crippen LogP contribution in [0.5, 0.6) is 0 Å². The maximum Gasteiger partial charge on any atom is 0.340 e. The lowest BCUT2D eigenvalue weighted by molar-refractivity contribution is 0.0696. The van der Waals surface area contributed by atoms with Gasteiger partial charge in [0.05, 0.1) is 12.2 Å². The van der Waals surface area contributed by atoms with Gasteiger partial charge in [0.1, 0.15) is 10.7 Å². The highest BCUT2D eigenvalue weighted by atomic mass is 35.5. The minimum atomic E-state index is -1.07. The molecule has 94 valence electrons. The number of aryl methyl sites for hydroxylation is 1. The minimum absolute atomic E-state index is 0.0405. The van der Waals surface area contributed by atoms with Crippen LogP contribution in [-0.2, 0) is 6.54 Å². The summed E-state index contributed by atoms with van der Waals surface area (Å²) in [4.78, 5) is 11.0. The fraction of sp³-hybridized carbons (Fsp3) is 0.167. The van der Waals surface area contributed by atoms with Crippen molar-refractivity contribution < 1.29 is 9.90 Å². The number of carbonyl (C=O) groups is 1. The molecule has 0 fully saturated rings. The maximum atomic E-state index is 11.0. The Kier molecular flexibility index (Phi) is 3.59. The molecule has 0 radical (unpaired) electrons. The fourth-order valence-corrected chi connectivity index (χ4v) is 2.24. The van der Waals surface area contributed by atoms with Crippen LogP contribution in [0.1, 0.15) is 21.6 Å². The standard InChI is InChI=1S/C12H10Cl2N2O2/c1-7-10(12(17)18)11(14)16(15-7)6-8-3-2-4-9(13)5-8/h2-5H,6H2,1H3,(H,17,18). The second-order valence-electron chi connectivity index (χ2n) is 3.84. The molecule has 1 aromatic carbocycles. The summed E-state index contributed by atoms with van der Waals surface area (Å²) >= 11 is 11.9. The number of aromatic nitrogens is 2. The number of rotatable bonds is 3. The summed E-state index contributed by atoms with van der Waals surface area (Å²) in [6, 6.07) is 7.25. The molecular formula is C12H10Cl2N2O2. The van der Waals surface area contributed by atoms with Crippen molar-refractivity contribution >= 4 is 29.2 Å². The Morgan fingerprint density at radius 2 is 2.17 bits per heavy atom. The van der Waals surface area contributed by atoms with Gasteiger partial charge in [-0.05, 0) is 24.6 Å². The molecule has 1 N–H and O–H groups in total. The zero-order valence-corrected chi connectivity index (χ0v) is 11.0. The van der Waals surface area contributed by atoms with Gasteiger partial charge in [-0.2, -0.15) is 5.10 Å². The smallest absolute Gasteiger partial charge is 0.340 e. The van der Waals surface area contributed by atoms with Crippen LogP contribution < -0.4 is 0 Å². The van der Waals surface area contributed by atoms with Crippen LogP contribution in [0.25, 0.3) is 0 Å². The Bertz CT molecular complexity index is 608. The average Bonchev–Trinajstić information content (AvgIpc) is 2.54. The third-order valence-electron chi connectivity index (χ3n) is 2.50. The van der Waals surface area contributed by atoms with Crippen molar-refractivity contribution in [2.45, 2.75) is 13.5 Å². The molecule has 0 saturated carbocycles. The molecule has 1 aromatic heterocycles. The SMILES string of the molecule is Cc1nn(Cc2cccc(Cl)c2)c(Cl)c1C(=O)O. The van der Waals surface area contributed by atoms with E-state index >= 15 is 0 Å². The van der Waals surface area contributed by atoms with Gasteiger partial charge in [-0.15, -0.1) is 0 Å². The molecule has 4 nitrogen and oxygen atoms in total. The van der Waals surface area contributed by atoms with E-state index in [0.717, 1.165) is 5.56 Å². The molecule has 0 aliphatic rings. The van der Waals surface area contributed by atoms with E-state index in [0.29, 0.717) is 17.3 Å². The van der Waals surface area contributed by atoms with E-state index in [1.807, 2.05) is 12.1 Å². The monoisotopic (exact) mass is 284 g/mol. The number of halogens is 2. The van der Waals surface area contributed by atoms with Crippen LogP contribution in [0, 0.1) is 6.92 Å². The molecule has 0 spiro atoms. The van der Waals surface area contributed by atoms with E-state index in [1.54, 1.807) is 19.1 Å². The normalized spacial score (nSPS) is 10.6. The van der Waals surface area contributed by atoms with Crippen molar-refractivity contribution in [2.24, 2.45) is 0 Å². The van der Waals surface area contributed by atoms with Gasteiger partial charge >= 0.3 is 5.97 Å². The number of aromatic carboxylic acids is 1. The van der Waals surface area contributed by atoms with Gasteiger partial charge in [-0.3, -0.25) is 0 Å². The van der Waals surface area contributed by atoms with Crippen LogP contribution in [0.3, 0.4) is 0 Å². The van der Waals surface area contributed by atoms with Crippen LogP contribution in [-0.4, -0.2) is 20.9 Å². The number of carboxylic acids is 1. The van der Waals surface area contributed by atoms with E-state index in [1.165, 1.54) is 4.68 Å². The Balaban J connectivity index is 2.36. The molecule has 1 heterocycles. The molecule has 0 saturated heterocycles. The van der Waals surface area contributed by atoms with Crippen LogP contribution >= 0.6 is 23.2 Å². The van der Waals surface area contributed by atoms with Gasteiger partial charge in [-0.25, -0.2) is 9.48 Å². The Morgan fingerprint density at radius 1 is 1.44 bits per heavy atom. The van der Waals surface area contributed by atoms with Gasteiger partial charge in [0.15, 0.2) is 0 Å². The lowest BCUT2D eigenvalue weighted by Crippen LogP contribution is -2.03. The molecule has 2 rings (SSSR count). The van der Waals surface area contributed by atoms with Gasteiger partial charge in [-0.1, -0.05) is 35.3 Å². The Hall–Kier alpha value is -1.52. The highest BCUT2D eigenvalue weighted by Gasteiger charge is 2.19. The number of carboxylic acid groups (broad SMARTS) is 1. The minimum Gasteiger partial charge on any atom is -0.478 e. The van der Waals surface area contributed by atoms with Gasteiger partial charge in [0.25, 0.3) is 0 Å². The molecule has 0 aliphatic carbocycles. The average molecular weight is 285 g/mol. The molecular weight excluding hydrogens is 275 g/mol. The van der Waals surface area contributed by atoms with E-state index in [2.05, 4.69) is 5.10 Å². The van der Waals surface area contributed by atoms with E-state index < -0.39 is 5.97 Å². The fourth-order valence-electron chi connectivity index (χ4n) is 1.71. The second-order valence-corrected chi connectivity index (χ2v) is 4.64. The first-order valence-electron chi connectivity index (χ1n) is 5.19. The molecule has 0 amide bonds. The first-order chi connectivity index (χ1) is 8.49. The van der Waals surface area contributed by atoms with Crippen molar-refractivity contribution in [1.29, 1.82) is 0 Å². The first kappa shape index (κ1) is 12.9. The zero-order valence-electron chi connectivity index (χ0n) is 9.52. The van der Waals surface area contributed by atoms with Crippen molar-refractivity contribution in [2.75, 3.05) is 0 Å². The van der Waals surface area contributed by atoms with Gasteiger partial charge < -0.3 is 5.11 Å². The number of nitrogens with zero attached hydrogens (tertiary/aromatic N) is 2. The zero-order chi connectivity index (χ0) is 13.3. The molecule has 0 unspecified atom stereocenters. The predicted octanol–water partition coefficient (Wildman–Crippen LogP) is 3.24. The van der Waals surface area contributed by atoms with Crippen molar-refractivity contribution in [1.82, 2.24) is 9.78 Å². The predicted molar refractivity (Wildman–Crippen MR) is 69.5 cm³/mol. The van der Waals surface area contributed by atoms with Gasteiger partial charge in [0.2, 0.25) is 0 Å². The largest absolute Gasteiger partial charge is 0.478 e. The molecule has 6 heteroatoms. The van der Waals surface area contributed by atoms with Crippen molar-refractivity contribution in [3.05, 3.63) is 51.3 Å². The van der Waals surface area contributed by atoms with Gasteiger partial charge in [0, 0.05) is 5.02 Å². The molecule has 0 aliphatic heterocycles. The quantitative estimate of drug-likeness (QED) is 0.941.